The summed E-state index contributed by atoms with van der Waals surface area (Å²) in [4.78, 5) is 113. The van der Waals surface area contributed by atoms with Crippen LogP contribution in [-0.2, 0) is 44.8 Å². The number of nitrogens with two attached hydrogens (primary N) is 5. The van der Waals surface area contributed by atoms with Gasteiger partial charge in [0.1, 0.15) is 35.9 Å². The molecule has 1 aromatic rings. The fourth-order valence-corrected chi connectivity index (χ4v) is 6.36. The van der Waals surface area contributed by atoms with Gasteiger partial charge in [-0.05, 0) is 64.5 Å². The van der Waals surface area contributed by atoms with Crippen molar-refractivity contribution in [2.45, 2.75) is 101 Å². The molecule has 1 saturated heterocycles. The Morgan fingerprint density at radius 2 is 1.56 bits per heavy atom. The van der Waals surface area contributed by atoms with Crippen molar-refractivity contribution in [3.05, 3.63) is 30.0 Å². The van der Waals surface area contributed by atoms with E-state index in [-0.39, 0.29) is 83.8 Å². The van der Waals surface area contributed by atoms with E-state index >= 15 is 0 Å². The highest BCUT2D eigenvalue weighted by Crippen LogP contribution is 2.20. The van der Waals surface area contributed by atoms with Gasteiger partial charge in [0, 0.05) is 44.5 Å². The zero-order valence-electron chi connectivity index (χ0n) is 35.2. The third-order valence-electron chi connectivity index (χ3n) is 9.66. The van der Waals surface area contributed by atoms with Crippen molar-refractivity contribution in [2.75, 3.05) is 45.8 Å². The van der Waals surface area contributed by atoms with E-state index in [0.29, 0.717) is 31.4 Å². The number of carboxylic acids is 1. The fraction of sp³-hybridized carbons (Fsp3) is 0.622. The molecule has 6 atom stereocenters. The molecule has 1 aliphatic rings. The highest BCUT2D eigenvalue weighted by Gasteiger charge is 2.39. The molecular formula is C37H64N16O10. The van der Waals surface area contributed by atoms with Crippen LogP contribution in [0.15, 0.2) is 24.3 Å². The van der Waals surface area contributed by atoms with Gasteiger partial charge in [0.15, 0.2) is 5.96 Å². The maximum Gasteiger partial charge on any atom is 0.352 e. The minimum atomic E-state index is -1.45. The first-order valence-corrected chi connectivity index (χ1v) is 20.6. The van der Waals surface area contributed by atoms with Crippen LogP contribution in [0.1, 0.15) is 63.5 Å². The predicted molar refractivity (Wildman–Crippen MR) is 226 cm³/mol. The molecule has 0 aliphatic carbocycles. The monoisotopic (exact) mass is 892 g/mol. The highest BCUT2D eigenvalue weighted by atomic mass is 16.4. The Kier molecular flexibility index (Phi) is 23.8. The molecule has 0 radical (unpaired) electrons. The molecule has 21 N–H and O–H groups in total. The molecule has 2 rings (SSSR count). The summed E-state index contributed by atoms with van der Waals surface area (Å²) >= 11 is 0. The van der Waals surface area contributed by atoms with Crippen LogP contribution in [0.25, 0.3) is 0 Å². The molecule has 1 unspecified atom stereocenters. The Morgan fingerprint density at radius 3 is 2.17 bits per heavy atom. The average Bonchev–Trinajstić information content (AvgIpc) is 3.96. The van der Waals surface area contributed by atoms with Gasteiger partial charge in [-0.1, -0.05) is 6.08 Å². The first-order chi connectivity index (χ1) is 30.0. The number of aromatic nitrogens is 2. The molecule has 1 aliphatic heterocycles. The SMILES string of the molecule is N=C(N)NCC/C=C(\NC(=O)[C@H](CCCCN)NC(=O)[C@H](Cc1cnc[nH]1)NC(=O)[C@@H]1CCCN1C(=O)[C@@H](CCCN)NC(=O)CNC(=O)[C@H](CN)NC(=O)CC(O)CN)C(=O)O. The number of rotatable bonds is 29. The van der Waals surface area contributed by atoms with Gasteiger partial charge >= 0.3 is 5.97 Å². The second-order valence-corrected chi connectivity index (χ2v) is 14.6. The van der Waals surface area contributed by atoms with E-state index in [1.807, 2.05) is 0 Å². The molecular weight excluding hydrogens is 829 g/mol. The number of aromatic amines is 1. The normalized spacial score (nSPS) is 16.0. The molecule has 26 heteroatoms. The van der Waals surface area contributed by atoms with Crippen molar-refractivity contribution in [1.82, 2.24) is 52.1 Å². The van der Waals surface area contributed by atoms with Crippen molar-refractivity contribution >= 4 is 53.3 Å². The Morgan fingerprint density at radius 1 is 0.857 bits per heavy atom. The summed E-state index contributed by atoms with van der Waals surface area (Å²) in [6, 6.07) is -6.06. The molecule has 1 aromatic heterocycles. The summed E-state index contributed by atoms with van der Waals surface area (Å²) in [6.07, 6.45) is 4.40. The molecule has 26 nitrogen and oxygen atoms in total. The van der Waals surface area contributed by atoms with Gasteiger partial charge in [-0.2, -0.15) is 0 Å². The second-order valence-electron chi connectivity index (χ2n) is 14.6. The largest absolute Gasteiger partial charge is 0.477 e. The van der Waals surface area contributed by atoms with Gasteiger partial charge in [-0.15, -0.1) is 0 Å². The molecule has 1 fully saturated rings. The Bertz CT molecular complexity index is 1730. The summed E-state index contributed by atoms with van der Waals surface area (Å²) in [5.41, 5.74) is 27.5. The van der Waals surface area contributed by atoms with E-state index in [4.69, 9.17) is 34.1 Å². The number of carboxylic acid groups (broad SMARTS) is 1. The lowest BCUT2D eigenvalue weighted by molar-refractivity contribution is -0.142. The smallest absolute Gasteiger partial charge is 0.352 e. The lowest BCUT2D eigenvalue weighted by Crippen LogP contribution is -2.58. The van der Waals surface area contributed by atoms with Gasteiger partial charge < -0.3 is 86.0 Å². The highest BCUT2D eigenvalue weighted by molar-refractivity contribution is 5.98. The van der Waals surface area contributed by atoms with Gasteiger partial charge in [0.05, 0.1) is 25.4 Å². The van der Waals surface area contributed by atoms with E-state index in [1.165, 1.54) is 23.5 Å². The summed E-state index contributed by atoms with van der Waals surface area (Å²) in [5.74, 6) is -6.98. The third kappa shape index (κ3) is 19.2. The van der Waals surface area contributed by atoms with Crippen molar-refractivity contribution in [3.63, 3.8) is 0 Å². The number of H-pyrrole nitrogens is 1. The van der Waals surface area contributed by atoms with E-state index in [9.17, 15) is 48.6 Å². The van der Waals surface area contributed by atoms with Crippen LogP contribution >= 0.6 is 0 Å². The van der Waals surface area contributed by atoms with Crippen LogP contribution in [-0.4, -0.2) is 160 Å². The standard InChI is InChI=1S/C37H64N16O10/c38-10-2-1-6-23(32(58)51-25(36(62)63)8-4-12-45-37(42)43)50-33(59)26(14-21-18-44-20-47-21)52-34(60)28-9-5-13-53(28)35(61)24(7-3-11-39)48-30(56)19-46-31(57)27(17-41)49-29(55)15-22(54)16-40/h8,18,20,22-24,26-28,54H,1-7,9-17,19,38-41H2,(H,44,47)(H,46,57)(H,48,56)(H,49,55)(H,50,59)(H,51,58)(H,52,60)(H,62,63)(H4,42,43,45)/b25-8-/t22?,23-,24+,26-,27-,28-/m0/s1. The quantitative estimate of drug-likeness (QED) is 0.0154. The van der Waals surface area contributed by atoms with Crippen LogP contribution < -0.4 is 65.9 Å². The van der Waals surface area contributed by atoms with Crippen LogP contribution in [0.4, 0.5) is 0 Å². The predicted octanol–water partition coefficient (Wildman–Crippen LogP) is -6.51. The van der Waals surface area contributed by atoms with Crippen molar-refractivity contribution in [3.8, 4) is 0 Å². The van der Waals surface area contributed by atoms with Gasteiger partial charge in [-0.25, -0.2) is 9.78 Å². The number of aliphatic carboxylic acids is 1. The summed E-state index contributed by atoms with van der Waals surface area (Å²) < 4.78 is 0. The number of likely N-dealkylation sites (tertiary alicyclic amines) is 1. The van der Waals surface area contributed by atoms with E-state index in [0.717, 1.165) is 0 Å². The maximum atomic E-state index is 14.0. The van der Waals surface area contributed by atoms with Crippen LogP contribution in [0.3, 0.4) is 0 Å². The number of hydrogen-bond donors (Lipinski definition) is 16. The number of aliphatic hydroxyl groups is 1. The van der Waals surface area contributed by atoms with Crippen molar-refractivity contribution in [1.29, 1.82) is 5.41 Å². The average molecular weight is 893 g/mol. The lowest BCUT2D eigenvalue weighted by Gasteiger charge is -2.30. The zero-order chi connectivity index (χ0) is 46.9. The Labute approximate surface area is 363 Å². The molecule has 0 bridgehead atoms. The maximum absolute atomic E-state index is 14.0. The summed E-state index contributed by atoms with van der Waals surface area (Å²) in [5, 5.41) is 44.0. The number of carbonyl (C=O) groups is 8. The number of imidazole rings is 1. The minimum absolute atomic E-state index is 0.0627. The lowest BCUT2D eigenvalue weighted by atomic mass is 10.1. The van der Waals surface area contributed by atoms with E-state index in [2.05, 4.69) is 47.2 Å². The number of guanidine groups is 1. The molecule has 7 amide bonds. The number of nitrogens with one attached hydrogen (secondary N) is 9. The molecule has 63 heavy (non-hydrogen) atoms. The summed E-state index contributed by atoms with van der Waals surface area (Å²) in [6.45, 7) is -0.404. The van der Waals surface area contributed by atoms with E-state index < -0.39 is 95.9 Å². The van der Waals surface area contributed by atoms with Gasteiger partial charge in [-0.3, -0.25) is 39.0 Å². The number of hydrogen-bond acceptors (Lipinski definition) is 15. The number of carbonyl (C=O) groups excluding carboxylic acids is 7. The summed E-state index contributed by atoms with van der Waals surface area (Å²) in [7, 11) is 0. The molecule has 0 spiro atoms. The van der Waals surface area contributed by atoms with Gasteiger partial charge in [0.2, 0.25) is 41.4 Å². The van der Waals surface area contributed by atoms with E-state index in [1.54, 1.807) is 0 Å². The first kappa shape index (κ1) is 52.9. The third-order valence-corrected chi connectivity index (χ3v) is 9.66. The number of aliphatic hydroxyl groups excluding tert-OH is 1. The first-order valence-electron chi connectivity index (χ1n) is 20.6. The van der Waals surface area contributed by atoms with Gasteiger partial charge in [0.25, 0.3) is 0 Å². The second kappa shape index (κ2) is 28.4. The number of nitrogens with zero attached hydrogens (tertiary/aromatic N) is 2. The molecule has 352 valence electrons. The Balaban J connectivity index is 2.23. The number of unbranched alkanes of at least 4 members (excludes halogenated alkanes) is 1. The van der Waals surface area contributed by atoms with Crippen molar-refractivity contribution < 1.29 is 48.6 Å². The Hall–Kier alpha value is -6.22. The van der Waals surface area contributed by atoms with Crippen molar-refractivity contribution in [2.24, 2.45) is 28.7 Å². The molecule has 2 heterocycles. The van der Waals surface area contributed by atoms with Crippen LogP contribution in [0.2, 0.25) is 0 Å². The topological polar surface area (TPSA) is 447 Å². The molecule has 0 aromatic carbocycles. The number of amides is 7. The zero-order valence-corrected chi connectivity index (χ0v) is 35.2. The fourth-order valence-electron chi connectivity index (χ4n) is 6.36. The minimum Gasteiger partial charge on any atom is -0.477 e. The molecule has 0 saturated carbocycles. The van der Waals surface area contributed by atoms with Crippen LogP contribution in [0.5, 0.6) is 0 Å². The van der Waals surface area contributed by atoms with Crippen LogP contribution in [0, 0.1) is 5.41 Å².